The minimum atomic E-state index is -1.07. The smallest absolute Gasteiger partial charge is 0.323 e. The largest absolute Gasteiger partial charge is 0.481 e. The van der Waals surface area contributed by atoms with Crippen LogP contribution in [-0.2, 0) is 22.7 Å². The molecule has 0 bridgehead atoms. The fourth-order valence-electron chi connectivity index (χ4n) is 4.64. The van der Waals surface area contributed by atoms with Crippen LogP contribution in [0.4, 0.5) is 21.9 Å². The van der Waals surface area contributed by atoms with E-state index in [1.54, 1.807) is 37.4 Å². The molecule has 4 rings (SSSR count). The number of nitrogens with one attached hydrogen (secondary N) is 4. The second-order valence-corrected chi connectivity index (χ2v) is 10.8. The van der Waals surface area contributed by atoms with E-state index in [1.807, 2.05) is 57.2 Å². The van der Waals surface area contributed by atoms with Crippen LogP contribution in [0.1, 0.15) is 47.3 Å². The van der Waals surface area contributed by atoms with Crippen LogP contribution in [0.15, 0.2) is 66.7 Å². The predicted molar refractivity (Wildman–Crippen MR) is 158 cm³/mol. The number of anilines is 3. The molecule has 0 saturated heterocycles. The highest BCUT2D eigenvalue weighted by Gasteiger charge is 2.31. The van der Waals surface area contributed by atoms with E-state index in [-0.39, 0.29) is 30.7 Å². The Balaban J connectivity index is 1.37. The highest BCUT2D eigenvalue weighted by Crippen LogP contribution is 2.26. The minimum Gasteiger partial charge on any atom is -0.481 e. The zero-order chi connectivity index (χ0) is 29.7. The van der Waals surface area contributed by atoms with Crippen LogP contribution >= 0.6 is 0 Å². The summed E-state index contributed by atoms with van der Waals surface area (Å²) in [7, 11) is 1.62. The van der Waals surface area contributed by atoms with Crippen molar-refractivity contribution in [2.24, 2.45) is 0 Å². The van der Waals surface area contributed by atoms with Gasteiger partial charge >= 0.3 is 12.0 Å². The predicted octanol–water partition coefficient (Wildman–Crippen LogP) is 4.62. The normalized spacial score (nSPS) is 14.9. The lowest BCUT2D eigenvalue weighted by molar-refractivity contribution is -0.141. The zero-order valence-corrected chi connectivity index (χ0v) is 23.6. The number of aliphatic carboxylic acids is 1. The van der Waals surface area contributed by atoms with E-state index in [4.69, 9.17) is 0 Å². The van der Waals surface area contributed by atoms with Crippen LogP contribution in [0.5, 0.6) is 0 Å². The average Bonchev–Trinajstić information content (AvgIpc) is 3.04. The molecule has 0 radical (unpaired) electrons. The molecule has 1 aliphatic heterocycles. The number of para-hydroxylation sites is 1. The number of carboxylic acid groups (broad SMARTS) is 1. The van der Waals surface area contributed by atoms with Crippen molar-refractivity contribution in [2.45, 2.75) is 51.9 Å². The number of aryl methyl sites for hydroxylation is 1. The third-order valence-corrected chi connectivity index (χ3v) is 7.06. The first kappa shape index (κ1) is 29.3. The topological polar surface area (TPSA) is 140 Å². The van der Waals surface area contributed by atoms with E-state index in [0.29, 0.717) is 23.5 Å². The molecule has 3 amide bonds. The number of Topliss-reactive ketones (excluding diaryl/α,β-unsaturated/α-hetero) is 1. The number of rotatable bonds is 9. The van der Waals surface area contributed by atoms with E-state index in [1.165, 1.54) is 4.90 Å². The van der Waals surface area contributed by atoms with Crippen LogP contribution in [0, 0.1) is 6.92 Å². The fourth-order valence-corrected chi connectivity index (χ4v) is 4.64. The summed E-state index contributed by atoms with van der Waals surface area (Å²) < 4.78 is 0. The first-order valence-electron chi connectivity index (χ1n) is 13.3. The molecule has 3 aromatic rings. The summed E-state index contributed by atoms with van der Waals surface area (Å²) in [4.78, 5) is 51.1. The molecule has 0 saturated carbocycles. The Morgan fingerprint density at radius 3 is 2.41 bits per heavy atom. The molecule has 3 aromatic carbocycles. The Bertz CT molecular complexity index is 1470. The summed E-state index contributed by atoms with van der Waals surface area (Å²) in [5.41, 5.74) is 4.25. The van der Waals surface area contributed by atoms with Crippen molar-refractivity contribution in [1.29, 1.82) is 0 Å². The first-order chi connectivity index (χ1) is 19.4. The van der Waals surface area contributed by atoms with Crippen molar-refractivity contribution in [3.63, 3.8) is 0 Å². The lowest BCUT2D eigenvalue weighted by atomic mass is 9.91. The third kappa shape index (κ3) is 7.29. The number of nitrogens with zero attached hydrogens (tertiary/aromatic N) is 1. The number of carbonyl (C=O) groups excluding carboxylic acids is 3. The van der Waals surface area contributed by atoms with Gasteiger partial charge in [-0.25, -0.2) is 4.79 Å². The molecule has 10 nitrogen and oxygen atoms in total. The van der Waals surface area contributed by atoms with E-state index in [9.17, 15) is 24.3 Å². The van der Waals surface area contributed by atoms with E-state index >= 15 is 0 Å². The summed E-state index contributed by atoms with van der Waals surface area (Å²) in [6, 6.07) is 18.9. The SMILES string of the molecule is Cc1ccccc1NC(=O)Nc1ccc(CNC(C)(C)C(=O)c2ccc3c(c2)CN(C)C(=O)[C@H](CC(=O)O)N3)cc1. The van der Waals surface area contributed by atoms with E-state index in [0.717, 1.165) is 22.4 Å². The third-order valence-electron chi connectivity index (χ3n) is 7.06. The maximum absolute atomic E-state index is 13.5. The molecule has 0 aliphatic carbocycles. The molecule has 214 valence electrons. The van der Waals surface area contributed by atoms with Crippen LogP contribution in [0.3, 0.4) is 0 Å². The van der Waals surface area contributed by atoms with Gasteiger partial charge in [0.15, 0.2) is 5.78 Å². The molecule has 41 heavy (non-hydrogen) atoms. The van der Waals surface area contributed by atoms with Gasteiger partial charge in [0.05, 0.1) is 12.0 Å². The summed E-state index contributed by atoms with van der Waals surface area (Å²) in [6.07, 6.45) is -0.335. The van der Waals surface area contributed by atoms with Crippen LogP contribution in [0.25, 0.3) is 0 Å². The number of fused-ring (bicyclic) bond motifs is 1. The monoisotopic (exact) mass is 557 g/mol. The van der Waals surface area contributed by atoms with Crippen molar-refractivity contribution < 1.29 is 24.3 Å². The Kier molecular flexibility index (Phi) is 8.73. The lowest BCUT2D eigenvalue weighted by Crippen LogP contribution is -2.46. The van der Waals surface area contributed by atoms with Crippen LogP contribution in [-0.4, -0.2) is 52.3 Å². The van der Waals surface area contributed by atoms with Crippen LogP contribution in [0.2, 0.25) is 0 Å². The number of urea groups is 1. The summed E-state index contributed by atoms with van der Waals surface area (Å²) in [6.45, 7) is 6.23. The molecule has 0 fully saturated rings. The Labute approximate surface area is 239 Å². The number of hydrogen-bond donors (Lipinski definition) is 5. The molecule has 0 aromatic heterocycles. The minimum absolute atomic E-state index is 0.119. The number of ketones is 1. The van der Waals surface area contributed by atoms with Crippen molar-refractivity contribution >= 4 is 40.8 Å². The van der Waals surface area contributed by atoms with Crippen molar-refractivity contribution in [3.05, 3.63) is 89.0 Å². The number of hydrogen-bond acceptors (Lipinski definition) is 6. The van der Waals surface area contributed by atoms with Gasteiger partial charge in [-0.1, -0.05) is 30.3 Å². The van der Waals surface area contributed by atoms with Gasteiger partial charge < -0.3 is 31.3 Å². The van der Waals surface area contributed by atoms with E-state index in [2.05, 4.69) is 21.3 Å². The number of carboxylic acids is 1. The van der Waals surface area contributed by atoms with Gasteiger partial charge in [0.25, 0.3) is 0 Å². The standard InChI is InChI=1S/C31H35N5O5/c1-19-7-5-6-8-24(19)35-30(41)33-23-12-9-20(10-13-23)17-32-31(2,3)28(39)21-11-14-25-22(15-21)18-36(4)29(40)26(34-25)16-27(37)38/h5-15,26,32,34H,16-18H2,1-4H3,(H,37,38)(H2,33,35,41)/t26-/m0/s1. The molecule has 1 heterocycles. The highest BCUT2D eigenvalue weighted by molar-refractivity contribution is 6.03. The van der Waals surface area contributed by atoms with Gasteiger partial charge in [-0.3, -0.25) is 14.4 Å². The van der Waals surface area contributed by atoms with Gasteiger partial charge in [-0.2, -0.15) is 0 Å². The molecule has 5 N–H and O–H groups in total. The highest BCUT2D eigenvalue weighted by atomic mass is 16.4. The Hall–Kier alpha value is -4.70. The van der Waals surface area contributed by atoms with Crippen molar-refractivity contribution in [3.8, 4) is 0 Å². The van der Waals surface area contributed by atoms with E-state index < -0.39 is 17.6 Å². The second-order valence-electron chi connectivity index (χ2n) is 10.8. The fraction of sp³-hybridized carbons (Fsp3) is 0.290. The van der Waals surface area contributed by atoms with Crippen molar-refractivity contribution in [2.75, 3.05) is 23.0 Å². The quantitative estimate of drug-likeness (QED) is 0.242. The van der Waals surface area contributed by atoms with Crippen molar-refractivity contribution in [1.82, 2.24) is 10.2 Å². The lowest BCUT2D eigenvalue weighted by Gasteiger charge is -2.26. The molecular formula is C31H35N5O5. The Morgan fingerprint density at radius 2 is 1.73 bits per heavy atom. The molecule has 1 aliphatic rings. The molecule has 0 unspecified atom stereocenters. The molecule has 1 atom stereocenters. The van der Waals surface area contributed by atoms with Gasteiger partial charge in [0.2, 0.25) is 5.91 Å². The first-order valence-corrected chi connectivity index (χ1v) is 13.3. The number of amides is 3. The number of likely N-dealkylation sites (N-methyl/N-ethyl adjacent to an activating group) is 1. The molecule has 0 spiro atoms. The average molecular weight is 558 g/mol. The van der Waals surface area contributed by atoms with Gasteiger partial charge in [0.1, 0.15) is 6.04 Å². The van der Waals surface area contributed by atoms with Gasteiger partial charge in [-0.15, -0.1) is 0 Å². The molecule has 10 heteroatoms. The van der Waals surface area contributed by atoms with Gasteiger partial charge in [0, 0.05) is 42.8 Å². The summed E-state index contributed by atoms with van der Waals surface area (Å²) in [5, 5.41) is 21.2. The Morgan fingerprint density at radius 1 is 1.02 bits per heavy atom. The maximum atomic E-state index is 13.5. The summed E-state index contributed by atoms with van der Waals surface area (Å²) in [5.74, 6) is -1.50. The molecular weight excluding hydrogens is 522 g/mol. The number of carbonyl (C=O) groups is 4. The second kappa shape index (κ2) is 12.2. The zero-order valence-electron chi connectivity index (χ0n) is 23.6. The van der Waals surface area contributed by atoms with Crippen LogP contribution < -0.4 is 21.3 Å². The van der Waals surface area contributed by atoms with Gasteiger partial charge in [-0.05, 0) is 73.9 Å². The maximum Gasteiger partial charge on any atom is 0.323 e. The summed E-state index contributed by atoms with van der Waals surface area (Å²) >= 11 is 0. The number of benzene rings is 3.